The summed E-state index contributed by atoms with van der Waals surface area (Å²) in [6, 6.07) is 22.4. The molecule has 37 heavy (non-hydrogen) atoms. The Bertz CT molecular complexity index is 1530. The summed E-state index contributed by atoms with van der Waals surface area (Å²) in [7, 11) is 1.65. The number of nitrogens with zero attached hydrogens (tertiary/aromatic N) is 4. The predicted molar refractivity (Wildman–Crippen MR) is 144 cm³/mol. The van der Waals surface area contributed by atoms with Crippen LogP contribution in [0.2, 0.25) is 0 Å². The molecule has 0 spiro atoms. The van der Waals surface area contributed by atoms with Crippen LogP contribution < -0.4 is 15.4 Å². The monoisotopic (exact) mass is 494 g/mol. The van der Waals surface area contributed by atoms with Gasteiger partial charge in [-0.3, -0.25) is 0 Å². The third-order valence-corrected chi connectivity index (χ3v) is 6.74. The lowest BCUT2D eigenvalue weighted by Gasteiger charge is -2.12. The highest BCUT2D eigenvalue weighted by Gasteiger charge is 2.21. The maximum atomic E-state index is 13.8. The Labute approximate surface area is 214 Å². The van der Waals surface area contributed by atoms with Crippen LogP contribution in [0.15, 0.2) is 79.0 Å². The summed E-state index contributed by atoms with van der Waals surface area (Å²) in [5.74, 6) is 1.90. The topological polar surface area (TPSA) is 76.4 Å². The number of anilines is 3. The molecule has 0 bridgehead atoms. The molecule has 0 amide bonds. The number of fused-ring (bicyclic) bond motifs is 1. The second-order valence-corrected chi connectivity index (χ2v) is 9.18. The van der Waals surface area contributed by atoms with E-state index in [4.69, 9.17) is 14.8 Å². The van der Waals surface area contributed by atoms with Crippen LogP contribution in [-0.2, 0) is 0 Å². The number of pyridine rings is 1. The van der Waals surface area contributed by atoms with E-state index in [0.29, 0.717) is 12.0 Å². The average molecular weight is 495 g/mol. The van der Waals surface area contributed by atoms with Gasteiger partial charge < -0.3 is 15.4 Å². The molecule has 0 aliphatic heterocycles. The summed E-state index contributed by atoms with van der Waals surface area (Å²) in [6.07, 6.45) is 6.49. The van der Waals surface area contributed by atoms with Crippen LogP contribution in [0.3, 0.4) is 0 Å². The molecule has 0 saturated heterocycles. The Morgan fingerprint density at radius 1 is 0.946 bits per heavy atom. The number of aromatic nitrogens is 4. The van der Waals surface area contributed by atoms with Gasteiger partial charge in [0.05, 0.1) is 23.9 Å². The summed E-state index contributed by atoms with van der Waals surface area (Å²) in [5, 5.41) is 11.9. The van der Waals surface area contributed by atoms with E-state index in [1.165, 1.54) is 25.0 Å². The molecule has 1 fully saturated rings. The van der Waals surface area contributed by atoms with E-state index < -0.39 is 0 Å². The highest BCUT2D eigenvalue weighted by Crippen LogP contribution is 2.36. The summed E-state index contributed by atoms with van der Waals surface area (Å²) < 4.78 is 20.9. The zero-order valence-electron chi connectivity index (χ0n) is 20.5. The fourth-order valence-electron chi connectivity index (χ4n) is 4.87. The van der Waals surface area contributed by atoms with E-state index in [2.05, 4.69) is 15.6 Å². The van der Waals surface area contributed by atoms with Crippen LogP contribution >= 0.6 is 0 Å². The third-order valence-electron chi connectivity index (χ3n) is 6.74. The first kappa shape index (κ1) is 23.0. The first-order chi connectivity index (χ1) is 18.2. The van der Waals surface area contributed by atoms with Gasteiger partial charge in [0.25, 0.3) is 0 Å². The minimum absolute atomic E-state index is 0.291. The number of nitrogens with one attached hydrogen (secondary N) is 2. The fourth-order valence-corrected chi connectivity index (χ4v) is 4.87. The van der Waals surface area contributed by atoms with Gasteiger partial charge in [0.2, 0.25) is 5.95 Å². The van der Waals surface area contributed by atoms with Crippen molar-refractivity contribution in [2.45, 2.75) is 31.7 Å². The third kappa shape index (κ3) is 4.70. The molecule has 3 aromatic heterocycles. The van der Waals surface area contributed by atoms with E-state index in [-0.39, 0.29) is 5.82 Å². The number of methoxy groups -OCH3 is 1. The number of halogens is 1. The molecule has 2 aromatic carbocycles. The minimum atomic E-state index is -0.291. The van der Waals surface area contributed by atoms with Gasteiger partial charge in [-0.05, 0) is 79.6 Å². The second-order valence-electron chi connectivity index (χ2n) is 9.18. The molecular weight excluding hydrogens is 467 g/mol. The number of rotatable bonds is 7. The second kappa shape index (κ2) is 9.89. The van der Waals surface area contributed by atoms with Crippen molar-refractivity contribution >= 4 is 23.0 Å². The van der Waals surface area contributed by atoms with Gasteiger partial charge in [-0.15, -0.1) is 0 Å². The van der Waals surface area contributed by atoms with Crippen LogP contribution in [0, 0.1) is 5.82 Å². The average Bonchev–Trinajstić information content (AvgIpc) is 3.58. The van der Waals surface area contributed by atoms with Crippen molar-refractivity contribution in [2.75, 3.05) is 17.7 Å². The van der Waals surface area contributed by atoms with Crippen molar-refractivity contribution in [3.05, 3.63) is 84.8 Å². The lowest BCUT2D eigenvalue weighted by Crippen LogP contribution is -2.16. The largest absolute Gasteiger partial charge is 0.497 e. The first-order valence-electron chi connectivity index (χ1n) is 12.5. The Hall–Kier alpha value is -4.46. The highest BCUT2D eigenvalue weighted by molar-refractivity contribution is 5.92. The van der Waals surface area contributed by atoms with E-state index in [0.717, 1.165) is 58.1 Å². The van der Waals surface area contributed by atoms with Gasteiger partial charge in [-0.1, -0.05) is 18.9 Å². The lowest BCUT2D eigenvalue weighted by molar-refractivity contribution is 0.415. The summed E-state index contributed by atoms with van der Waals surface area (Å²) in [4.78, 5) is 9.35. The molecular formula is C29H27FN6O. The van der Waals surface area contributed by atoms with Gasteiger partial charge in [0.1, 0.15) is 23.1 Å². The Morgan fingerprint density at radius 3 is 2.49 bits per heavy atom. The van der Waals surface area contributed by atoms with E-state index in [9.17, 15) is 4.39 Å². The van der Waals surface area contributed by atoms with Crippen molar-refractivity contribution < 1.29 is 9.13 Å². The molecule has 7 nitrogen and oxygen atoms in total. The maximum absolute atomic E-state index is 13.8. The zero-order valence-corrected chi connectivity index (χ0v) is 20.5. The van der Waals surface area contributed by atoms with Crippen LogP contribution in [0.25, 0.3) is 28.0 Å². The molecule has 6 rings (SSSR count). The van der Waals surface area contributed by atoms with E-state index >= 15 is 0 Å². The quantitative estimate of drug-likeness (QED) is 0.262. The van der Waals surface area contributed by atoms with Crippen molar-refractivity contribution in [3.63, 3.8) is 0 Å². The normalized spacial score (nSPS) is 13.7. The Morgan fingerprint density at radius 2 is 1.73 bits per heavy atom. The van der Waals surface area contributed by atoms with Gasteiger partial charge in [-0.25, -0.2) is 18.9 Å². The SMILES string of the molecule is COc1ccc(Nc2cccc3c(-c4ccnc(NC5CCCC5)n4)c(-c4ccc(F)cc4)nn23)cc1. The molecule has 2 N–H and O–H groups in total. The van der Waals surface area contributed by atoms with Crippen molar-refractivity contribution in [3.8, 4) is 28.3 Å². The van der Waals surface area contributed by atoms with Crippen molar-refractivity contribution in [1.29, 1.82) is 0 Å². The highest BCUT2D eigenvalue weighted by atomic mass is 19.1. The summed E-state index contributed by atoms with van der Waals surface area (Å²) >= 11 is 0. The smallest absolute Gasteiger partial charge is 0.223 e. The van der Waals surface area contributed by atoms with Crippen LogP contribution in [0.1, 0.15) is 25.7 Å². The Kier molecular flexibility index (Phi) is 6.14. The van der Waals surface area contributed by atoms with Crippen LogP contribution in [0.5, 0.6) is 5.75 Å². The van der Waals surface area contributed by atoms with Gasteiger partial charge >= 0.3 is 0 Å². The van der Waals surface area contributed by atoms with Crippen molar-refractivity contribution in [1.82, 2.24) is 19.6 Å². The van der Waals surface area contributed by atoms with E-state index in [1.54, 1.807) is 25.4 Å². The fraction of sp³-hybridized carbons (Fsp3) is 0.207. The molecule has 0 unspecified atom stereocenters. The molecule has 1 saturated carbocycles. The predicted octanol–water partition coefficient (Wildman–Crippen LogP) is 6.70. The minimum Gasteiger partial charge on any atom is -0.497 e. The molecule has 0 radical (unpaired) electrons. The van der Waals surface area contributed by atoms with Crippen LogP contribution in [-0.4, -0.2) is 32.7 Å². The molecule has 186 valence electrons. The number of hydrogen-bond acceptors (Lipinski definition) is 6. The number of ether oxygens (including phenoxy) is 1. The summed E-state index contributed by atoms with van der Waals surface area (Å²) in [5.41, 5.74) is 4.92. The number of benzene rings is 2. The summed E-state index contributed by atoms with van der Waals surface area (Å²) in [6.45, 7) is 0. The lowest BCUT2D eigenvalue weighted by atomic mass is 10.0. The van der Waals surface area contributed by atoms with Gasteiger partial charge in [0, 0.05) is 23.5 Å². The molecule has 8 heteroatoms. The van der Waals surface area contributed by atoms with Gasteiger partial charge in [-0.2, -0.15) is 5.10 Å². The Balaban J connectivity index is 1.47. The van der Waals surface area contributed by atoms with Crippen molar-refractivity contribution in [2.24, 2.45) is 0 Å². The molecule has 3 heterocycles. The van der Waals surface area contributed by atoms with E-state index in [1.807, 2.05) is 53.0 Å². The molecule has 5 aromatic rings. The molecule has 0 atom stereocenters. The zero-order chi connectivity index (χ0) is 25.2. The maximum Gasteiger partial charge on any atom is 0.223 e. The first-order valence-corrected chi connectivity index (χ1v) is 12.5. The van der Waals surface area contributed by atoms with Gasteiger partial charge in [0.15, 0.2) is 0 Å². The number of hydrogen-bond donors (Lipinski definition) is 2. The molecule has 1 aliphatic carbocycles. The standard InChI is InChI=1S/C29H27FN6O/c1-37-23-15-13-22(14-16-23)32-26-8-4-7-25-27(28(35-36(25)26)19-9-11-20(30)12-10-19)24-17-18-31-29(34-24)33-21-5-2-3-6-21/h4,7-18,21,32H,2-3,5-6H2,1H3,(H,31,33,34). The molecule has 1 aliphatic rings. The van der Waals surface area contributed by atoms with Crippen LogP contribution in [0.4, 0.5) is 21.8 Å².